The van der Waals surface area contributed by atoms with E-state index in [0.717, 1.165) is 19.3 Å². The number of amides is 1. The lowest BCUT2D eigenvalue weighted by Gasteiger charge is -2.37. The van der Waals surface area contributed by atoms with Crippen LogP contribution in [0.2, 0.25) is 5.02 Å². The van der Waals surface area contributed by atoms with Gasteiger partial charge in [-0.2, -0.15) is 0 Å². The van der Waals surface area contributed by atoms with Crippen LogP contribution in [0, 0.1) is 5.82 Å². The summed E-state index contributed by atoms with van der Waals surface area (Å²) in [7, 11) is 0. The third kappa shape index (κ3) is 2.96. The van der Waals surface area contributed by atoms with Gasteiger partial charge in [0.25, 0.3) is 0 Å². The van der Waals surface area contributed by atoms with Gasteiger partial charge in [-0.1, -0.05) is 11.6 Å². The van der Waals surface area contributed by atoms with E-state index in [2.05, 4.69) is 5.32 Å². The highest BCUT2D eigenvalue weighted by molar-refractivity contribution is 6.30. The molecule has 1 aliphatic rings. The van der Waals surface area contributed by atoms with Gasteiger partial charge in [-0.15, -0.1) is 0 Å². The summed E-state index contributed by atoms with van der Waals surface area (Å²) in [6, 6.07) is 4.14. The van der Waals surface area contributed by atoms with E-state index in [1.807, 2.05) is 0 Å². The van der Waals surface area contributed by atoms with Crippen molar-refractivity contribution in [1.29, 1.82) is 0 Å². The maximum atomic E-state index is 13.4. The van der Waals surface area contributed by atoms with Gasteiger partial charge in [0, 0.05) is 17.0 Å². The maximum Gasteiger partial charge on any atom is 0.226 e. The van der Waals surface area contributed by atoms with Crippen molar-refractivity contribution < 1.29 is 9.18 Å². The van der Waals surface area contributed by atoms with E-state index in [1.54, 1.807) is 0 Å². The van der Waals surface area contributed by atoms with Crippen molar-refractivity contribution in [3.05, 3.63) is 29.0 Å². The van der Waals surface area contributed by atoms with Crippen molar-refractivity contribution in [1.82, 2.24) is 0 Å². The van der Waals surface area contributed by atoms with Gasteiger partial charge in [0.15, 0.2) is 0 Å². The molecule has 0 spiro atoms. The predicted molar refractivity (Wildman–Crippen MR) is 65.4 cm³/mol. The molecule has 1 amide bonds. The molecular weight excluding hydrogens is 243 g/mol. The summed E-state index contributed by atoms with van der Waals surface area (Å²) < 4.78 is 13.4. The number of hydrogen-bond acceptors (Lipinski definition) is 2. The second kappa shape index (κ2) is 4.63. The first-order valence-corrected chi connectivity index (χ1v) is 5.90. The molecule has 2 rings (SSSR count). The third-order valence-corrected chi connectivity index (χ3v) is 3.30. The van der Waals surface area contributed by atoms with E-state index in [4.69, 9.17) is 17.3 Å². The molecule has 5 heteroatoms. The van der Waals surface area contributed by atoms with Gasteiger partial charge in [-0.05, 0) is 37.5 Å². The molecule has 0 aliphatic heterocycles. The average Bonchev–Trinajstić information content (AvgIpc) is 2.20. The van der Waals surface area contributed by atoms with E-state index >= 15 is 0 Å². The molecule has 0 radical (unpaired) electrons. The fourth-order valence-corrected chi connectivity index (χ4v) is 2.07. The highest BCUT2D eigenvalue weighted by Gasteiger charge is 2.34. The summed E-state index contributed by atoms with van der Waals surface area (Å²) in [4.78, 5) is 11.7. The average molecular weight is 257 g/mol. The fourth-order valence-electron chi connectivity index (χ4n) is 1.91. The molecule has 1 aromatic carbocycles. The van der Waals surface area contributed by atoms with Crippen molar-refractivity contribution in [2.24, 2.45) is 5.73 Å². The second-order valence-electron chi connectivity index (χ2n) is 4.57. The number of hydrogen-bond donors (Lipinski definition) is 2. The predicted octanol–water partition coefficient (Wildman–Crippen LogP) is 2.69. The van der Waals surface area contributed by atoms with Crippen molar-refractivity contribution in [3.63, 3.8) is 0 Å². The first-order chi connectivity index (χ1) is 7.98. The van der Waals surface area contributed by atoms with Gasteiger partial charge in [0.05, 0.1) is 5.69 Å². The van der Waals surface area contributed by atoms with Crippen molar-refractivity contribution in [3.8, 4) is 0 Å². The highest BCUT2D eigenvalue weighted by atomic mass is 35.5. The number of rotatable bonds is 3. The van der Waals surface area contributed by atoms with Crippen LogP contribution in [-0.4, -0.2) is 11.4 Å². The first-order valence-electron chi connectivity index (χ1n) is 5.52. The summed E-state index contributed by atoms with van der Waals surface area (Å²) in [5.41, 5.74) is 5.69. The summed E-state index contributed by atoms with van der Waals surface area (Å²) in [6.45, 7) is 0. The molecule has 0 bridgehead atoms. The van der Waals surface area contributed by atoms with Crippen molar-refractivity contribution in [2.75, 3.05) is 5.32 Å². The van der Waals surface area contributed by atoms with E-state index < -0.39 is 11.4 Å². The molecule has 3 N–H and O–H groups in total. The number of nitrogens with one attached hydrogen (secondary N) is 1. The molecule has 1 saturated carbocycles. The van der Waals surface area contributed by atoms with Crippen LogP contribution in [0.5, 0.6) is 0 Å². The third-order valence-electron chi connectivity index (χ3n) is 3.07. The minimum atomic E-state index is -0.537. The standard InChI is InChI=1S/C12H14ClFN2O/c13-8-2-3-10(9(14)6-8)16-11(17)7-12(15)4-1-5-12/h2-3,6H,1,4-5,7,15H2,(H,16,17). The van der Waals surface area contributed by atoms with Gasteiger partial charge in [0.1, 0.15) is 5.82 Å². The first kappa shape index (κ1) is 12.3. The molecule has 1 aromatic rings. The molecule has 0 unspecified atom stereocenters. The summed E-state index contributed by atoms with van der Waals surface area (Å²) in [6.07, 6.45) is 2.99. The van der Waals surface area contributed by atoms with Crippen LogP contribution < -0.4 is 11.1 Å². The Morgan fingerprint density at radius 1 is 1.53 bits per heavy atom. The van der Waals surface area contributed by atoms with Gasteiger partial charge in [0.2, 0.25) is 5.91 Å². The Balaban J connectivity index is 1.98. The maximum absolute atomic E-state index is 13.4. The molecule has 0 heterocycles. The Kier molecular flexibility index (Phi) is 3.35. The molecule has 0 saturated heterocycles. The molecule has 1 aliphatic carbocycles. The Labute approximate surface area is 104 Å². The zero-order valence-electron chi connectivity index (χ0n) is 9.30. The van der Waals surface area contributed by atoms with Gasteiger partial charge in [-0.25, -0.2) is 4.39 Å². The van der Waals surface area contributed by atoms with Crippen LogP contribution in [0.4, 0.5) is 10.1 Å². The van der Waals surface area contributed by atoms with Crippen LogP contribution >= 0.6 is 11.6 Å². The second-order valence-corrected chi connectivity index (χ2v) is 5.00. The molecule has 92 valence electrons. The van der Waals surface area contributed by atoms with Gasteiger partial charge >= 0.3 is 0 Å². The van der Waals surface area contributed by atoms with E-state index in [9.17, 15) is 9.18 Å². The number of nitrogens with two attached hydrogens (primary N) is 1. The van der Waals surface area contributed by atoms with E-state index in [1.165, 1.54) is 18.2 Å². The lowest BCUT2D eigenvalue weighted by molar-refractivity contribution is -0.118. The molecule has 0 aromatic heterocycles. The minimum Gasteiger partial charge on any atom is -0.325 e. The van der Waals surface area contributed by atoms with Crippen molar-refractivity contribution in [2.45, 2.75) is 31.2 Å². The quantitative estimate of drug-likeness (QED) is 0.874. The number of anilines is 1. The molecule has 1 fully saturated rings. The van der Waals surface area contributed by atoms with E-state index in [-0.39, 0.29) is 18.0 Å². The Bertz CT molecular complexity index is 446. The molecule has 3 nitrogen and oxygen atoms in total. The number of carbonyl (C=O) groups excluding carboxylic acids is 1. The minimum absolute atomic E-state index is 0.141. The lowest BCUT2D eigenvalue weighted by atomic mass is 9.75. The fraction of sp³-hybridized carbons (Fsp3) is 0.417. The van der Waals surface area contributed by atoms with Crippen molar-refractivity contribution >= 4 is 23.2 Å². The Morgan fingerprint density at radius 3 is 2.76 bits per heavy atom. The topological polar surface area (TPSA) is 55.1 Å². The summed E-state index contributed by atoms with van der Waals surface area (Å²) >= 11 is 5.62. The molecule has 0 atom stereocenters. The van der Waals surface area contributed by atoms with Crippen LogP contribution in [0.15, 0.2) is 18.2 Å². The largest absolute Gasteiger partial charge is 0.325 e. The number of halogens is 2. The van der Waals surface area contributed by atoms with E-state index in [0.29, 0.717) is 5.02 Å². The zero-order chi connectivity index (χ0) is 12.5. The SMILES string of the molecule is NC1(CC(=O)Nc2ccc(Cl)cc2F)CCC1. The van der Waals surface area contributed by atoms with Crippen LogP contribution in [0.3, 0.4) is 0 Å². The lowest BCUT2D eigenvalue weighted by Crippen LogP contribution is -2.48. The number of carbonyl (C=O) groups is 1. The number of benzene rings is 1. The normalized spacial score (nSPS) is 17.4. The summed E-state index contributed by atoms with van der Waals surface area (Å²) in [5, 5.41) is 2.81. The zero-order valence-corrected chi connectivity index (χ0v) is 10.1. The summed E-state index contributed by atoms with van der Waals surface area (Å²) in [5.74, 6) is -0.793. The van der Waals surface area contributed by atoms with Gasteiger partial charge < -0.3 is 11.1 Å². The Hall–Kier alpha value is -1.13. The van der Waals surface area contributed by atoms with Crippen LogP contribution in [0.25, 0.3) is 0 Å². The molecule has 17 heavy (non-hydrogen) atoms. The van der Waals surface area contributed by atoms with Crippen LogP contribution in [-0.2, 0) is 4.79 Å². The monoisotopic (exact) mass is 256 g/mol. The van der Waals surface area contributed by atoms with Gasteiger partial charge in [-0.3, -0.25) is 4.79 Å². The van der Waals surface area contributed by atoms with Crippen LogP contribution in [0.1, 0.15) is 25.7 Å². The smallest absolute Gasteiger partial charge is 0.226 e. The highest BCUT2D eigenvalue weighted by Crippen LogP contribution is 2.32. The Morgan fingerprint density at radius 2 is 2.24 bits per heavy atom. The molecular formula is C12H14ClFN2O.